The van der Waals surface area contributed by atoms with Crippen LogP contribution in [0.15, 0.2) is 67.3 Å². The maximum Gasteiger partial charge on any atom is 0.240 e. The molecule has 3 aromatic rings. The highest BCUT2D eigenvalue weighted by Gasteiger charge is 2.61. The zero-order valence-corrected chi connectivity index (χ0v) is 36.5. The molecule has 2 saturated carbocycles. The van der Waals surface area contributed by atoms with Crippen LogP contribution < -0.4 is 19.5 Å². The number of pyridine rings is 1. The molecular weight excluding hydrogens is 799 g/mol. The fourth-order valence-corrected chi connectivity index (χ4v) is 10.3. The Bertz CT molecular complexity index is 2320. The summed E-state index contributed by atoms with van der Waals surface area (Å²) < 4.78 is 40.3. The molecule has 2 aromatic carbocycles. The van der Waals surface area contributed by atoms with Gasteiger partial charge in [-0.05, 0) is 55.6 Å². The fourth-order valence-electron chi connectivity index (χ4n) is 8.94. The number of carbonyl (C=O) groups excluding carboxylic acids is 5. The number of methoxy groups -OCH3 is 1. The van der Waals surface area contributed by atoms with Gasteiger partial charge in [0, 0.05) is 68.4 Å². The van der Waals surface area contributed by atoms with Gasteiger partial charge in [-0.1, -0.05) is 57.2 Å². The predicted molar refractivity (Wildman–Crippen MR) is 230 cm³/mol. The molecule has 0 radical (unpaired) electrons. The largest absolute Gasteiger partial charge is 0.497 e. The number of nitrogens with one attached hydrogen (secondary N) is 2. The third-order valence-corrected chi connectivity index (χ3v) is 14.8. The van der Waals surface area contributed by atoms with E-state index in [0.717, 1.165) is 5.56 Å². The standard InChI is InChI=1S/C46H57N5O9S/c1-7-30-25-46(30,44(56)49-61(57,58)33-14-15-33)26-39(52)38-22-32(60-40-24-36(28-11-9-8-10-12-28)48-37-21-31(59-6)13-16-34(37)40)27-51(38)43(55)35(45(2,3)4)23-41(53)50-19-17-29(18-20-50)42(54)47-5/h7-13,16,21,24,29-30,32-33,35,38H,1,14-15,17-20,22-23,25-27H2,2-6H3,(H,47,54)(H,49,56)/t30-,32-,35-,38+,46-/m1/s1. The van der Waals surface area contributed by atoms with E-state index in [9.17, 15) is 27.6 Å². The molecular formula is C46H57N5O9S. The highest BCUT2D eigenvalue weighted by Crippen LogP contribution is 2.57. The number of allylic oxidation sites excluding steroid dienone is 1. The Morgan fingerprint density at radius 1 is 1.02 bits per heavy atom. The summed E-state index contributed by atoms with van der Waals surface area (Å²) in [7, 11) is -0.711. The molecule has 0 unspecified atom stereocenters. The summed E-state index contributed by atoms with van der Waals surface area (Å²) in [4.78, 5) is 77.8. The molecule has 2 aliphatic carbocycles. The van der Waals surface area contributed by atoms with Crippen LogP contribution in [0.1, 0.15) is 72.1 Å². The Morgan fingerprint density at radius 2 is 1.72 bits per heavy atom. The number of rotatable bonds is 15. The van der Waals surface area contributed by atoms with Gasteiger partial charge in [0.25, 0.3) is 0 Å². The minimum atomic E-state index is -3.89. The van der Waals surface area contributed by atoms with Crippen molar-refractivity contribution in [3.63, 3.8) is 0 Å². The number of nitrogens with zero attached hydrogens (tertiary/aromatic N) is 3. The van der Waals surface area contributed by atoms with E-state index in [1.165, 1.54) is 4.90 Å². The second-order valence-electron chi connectivity index (χ2n) is 18.1. The molecule has 2 aliphatic heterocycles. The molecule has 5 atom stereocenters. The number of hydrogen-bond donors (Lipinski definition) is 2. The molecule has 326 valence electrons. The number of amides is 4. The van der Waals surface area contributed by atoms with Crippen LogP contribution in [0.2, 0.25) is 0 Å². The SMILES string of the molecule is C=C[C@@H]1C[C@]1(CC(=O)[C@@H]1C[C@@H](Oc2cc(-c3ccccc3)nc3cc(OC)ccc23)CN1C(=O)[C@@H](CC(=O)N1CCC(C(=O)NC)CC1)C(C)(C)C)C(=O)NS(=O)(=O)C1CC1. The highest BCUT2D eigenvalue weighted by atomic mass is 32.2. The normalized spacial score (nSPS) is 23.5. The third-order valence-electron chi connectivity index (χ3n) is 13.0. The van der Waals surface area contributed by atoms with Crippen LogP contribution in [-0.2, 0) is 34.0 Å². The highest BCUT2D eigenvalue weighted by molar-refractivity contribution is 7.90. The summed E-state index contributed by atoms with van der Waals surface area (Å²) in [6.07, 6.45) is 2.83. The number of Topliss-reactive ketones (excluding diaryl/α,β-unsaturated/α-hetero) is 1. The first-order chi connectivity index (χ1) is 29.0. The van der Waals surface area contributed by atoms with Crippen molar-refractivity contribution in [2.24, 2.45) is 28.6 Å². The number of hydrogen-bond acceptors (Lipinski definition) is 10. The molecule has 3 heterocycles. The molecule has 0 bridgehead atoms. The number of ketones is 1. The van der Waals surface area contributed by atoms with Crippen molar-refractivity contribution < 1.29 is 41.9 Å². The van der Waals surface area contributed by atoms with Gasteiger partial charge in [0.2, 0.25) is 33.7 Å². The maximum absolute atomic E-state index is 15.0. The van der Waals surface area contributed by atoms with Gasteiger partial charge in [-0.3, -0.25) is 28.7 Å². The fraction of sp³-hybridized carbons (Fsp3) is 0.522. The van der Waals surface area contributed by atoms with Crippen LogP contribution >= 0.6 is 0 Å². The van der Waals surface area contributed by atoms with Crippen LogP contribution in [0.4, 0.5) is 0 Å². The second kappa shape index (κ2) is 17.2. The average molecular weight is 856 g/mol. The molecule has 4 aliphatic rings. The van der Waals surface area contributed by atoms with Crippen LogP contribution in [0.25, 0.3) is 22.2 Å². The Hall–Kier alpha value is -5.31. The van der Waals surface area contributed by atoms with Gasteiger partial charge in [-0.15, -0.1) is 6.58 Å². The van der Waals surface area contributed by atoms with E-state index in [0.29, 0.717) is 66.9 Å². The Kier molecular flexibility index (Phi) is 12.4. The minimum Gasteiger partial charge on any atom is -0.497 e. The van der Waals surface area contributed by atoms with Gasteiger partial charge >= 0.3 is 0 Å². The summed E-state index contributed by atoms with van der Waals surface area (Å²) in [6.45, 7) is 10.3. The third kappa shape index (κ3) is 9.31. The van der Waals surface area contributed by atoms with Crippen LogP contribution in [-0.4, -0.2) is 104 Å². The lowest BCUT2D eigenvalue weighted by Crippen LogP contribution is -2.50. The van der Waals surface area contributed by atoms with Gasteiger partial charge in [-0.25, -0.2) is 13.4 Å². The number of piperidine rings is 1. The maximum atomic E-state index is 15.0. The number of sulfonamides is 1. The molecule has 4 amide bonds. The number of fused-ring (bicyclic) bond motifs is 1. The van der Waals surface area contributed by atoms with E-state index in [1.54, 1.807) is 31.2 Å². The van der Waals surface area contributed by atoms with E-state index in [2.05, 4.69) is 16.6 Å². The molecule has 7 rings (SSSR count). The van der Waals surface area contributed by atoms with Gasteiger partial charge in [0.1, 0.15) is 17.6 Å². The van der Waals surface area contributed by atoms with Gasteiger partial charge in [0.15, 0.2) is 5.78 Å². The molecule has 2 saturated heterocycles. The summed E-state index contributed by atoms with van der Waals surface area (Å²) in [5.41, 5.74) is 0.113. The van der Waals surface area contributed by atoms with Crippen molar-refractivity contribution in [1.29, 1.82) is 0 Å². The van der Waals surface area contributed by atoms with Crippen molar-refractivity contribution in [3.05, 3.63) is 67.3 Å². The Morgan fingerprint density at radius 3 is 2.33 bits per heavy atom. The van der Waals surface area contributed by atoms with Crippen LogP contribution in [0.3, 0.4) is 0 Å². The number of benzene rings is 2. The first-order valence-corrected chi connectivity index (χ1v) is 22.7. The summed E-state index contributed by atoms with van der Waals surface area (Å²) >= 11 is 0. The Labute approximate surface area is 357 Å². The van der Waals surface area contributed by atoms with Crippen molar-refractivity contribution >= 4 is 50.3 Å². The number of likely N-dealkylation sites (tertiary alicyclic amines) is 2. The first-order valence-electron chi connectivity index (χ1n) is 21.2. The van der Waals surface area contributed by atoms with E-state index in [1.807, 2.05) is 69.3 Å². The molecule has 2 N–H and O–H groups in total. The topological polar surface area (TPSA) is 181 Å². The molecule has 0 spiro atoms. The number of carbonyl (C=O) groups is 5. The van der Waals surface area contributed by atoms with E-state index >= 15 is 4.79 Å². The molecule has 15 heteroatoms. The van der Waals surface area contributed by atoms with E-state index in [-0.39, 0.29) is 55.9 Å². The number of ether oxygens (including phenoxy) is 2. The minimum absolute atomic E-state index is 0.0221. The zero-order valence-electron chi connectivity index (χ0n) is 35.6. The average Bonchev–Trinajstić information content (AvgIpc) is 4.18. The monoisotopic (exact) mass is 855 g/mol. The van der Waals surface area contributed by atoms with Crippen molar-refractivity contribution in [1.82, 2.24) is 24.8 Å². The lowest BCUT2D eigenvalue weighted by atomic mass is 9.77. The number of aromatic nitrogens is 1. The van der Waals surface area contributed by atoms with Crippen molar-refractivity contribution in [2.75, 3.05) is 33.8 Å². The van der Waals surface area contributed by atoms with Gasteiger partial charge < -0.3 is 24.6 Å². The predicted octanol–water partition coefficient (Wildman–Crippen LogP) is 5.06. The Balaban J connectivity index is 1.19. The van der Waals surface area contributed by atoms with Crippen LogP contribution in [0.5, 0.6) is 11.5 Å². The second-order valence-corrected chi connectivity index (χ2v) is 20.1. The molecule has 14 nitrogen and oxygen atoms in total. The first kappa shape index (κ1) is 43.8. The smallest absolute Gasteiger partial charge is 0.240 e. The van der Waals surface area contributed by atoms with Crippen molar-refractivity contribution in [2.45, 2.75) is 89.5 Å². The van der Waals surface area contributed by atoms with E-state index < -0.39 is 61.8 Å². The lowest BCUT2D eigenvalue weighted by molar-refractivity contribution is -0.148. The zero-order chi connectivity index (χ0) is 43.9. The quantitative estimate of drug-likeness (QED) is 0.196. The summed E-state index contributed by atoms with van der Waals surface area (Å²) in [5, 5.41) is 2.76. The van der Waals surface area contributed by atoms with Crippen LogP contribution in [0, 0.1) is 28.6 Å². The molecule has 61 heavy (non-hydrogen) atoms. The van der Waals surface area contributed by atoms with Gasteiger partial charge in [0.05, 0.1) is 47.5 Å². The lowest BCUT2D eigenvalue weighted by Gasteiger charge is -2.37. The summed E-state index contributed by atoms with van der Waals surface area (Å²) in [6, 6.07) is 15.9. The summed E-state index contributed by atoms with van der Waals surface area (Å²) in [5.74, 6) is -2.10. The molecule has 4 fully saturated rings. The van der Waals surface area contributed by atoms with E-state index in [4.69, 9.17) is 14.5 Å². The van der Waals surface area contributed by atoms with Crippen molar-refractivity contribution in [3.8, 4) is 22.8 Å². The van der Waals surface area contributed by atoms with Gasteiger partial charge in [-0.2, -0.15) is 0 Å². The molecule has 1 aromatic heterocycles.